The van der Waals surface area contributed by atoms with Gasteiger partial charge in [-0.2, -0.15) is 0 Å². The van der Waals surface area contributed by atoms with Gasteiger partial charge in [0.1, 0.15) is 5.78 Å². The summed E-state index contributed by atoms with van der Waals surface area (Å²) in [6, 6.07) is 0. The topological polar surface area (TPSA) is 20.3 Å². The molecule has 0 saturated carbocycles. The van der Waals surface area contributed by atoms with Crippen LogP contribution in [0, 0.1) is 17.8 Å². The quantitative estimate of drug-likeness (QED) is 0.0621. The number of ketones is 1. The summed E-state index contributed by atoms with van der Waals surface area (Å²) in [5, 5.41) is 0. The van der Waals surface area contributed by atoms with E-state index in [4.69, 9.17) is 0 Å². The third kappa shape index (κ3) is 32.2. The normalized spacial score (nSPS) is 13.8. The van der Waals surface area contributed by atoms with Crippen LogP contribution in [0.25, 0.3) is 0 Å². The summed E-state index contributed by atoms with van der Waals surface area (Å²) in [7, 11) is 2.37. The molecule has 0 aliphatic carbocycles. The Morgan fingerprint density at radius 2 is 0.870 bits per heavy atom. The molecule has 0 aliphatic rings. The molecule has 0 aromatic carbocycles. The summed E-state index contributed by atoms with van der Waals surface area (Å²) >= 11 is 0. The highest BCUT2D eigenvalue weighted by Crippen LogP contribution is 2.25. The number of hydrogen-bond acceptors (Lipinski definition) is 2. The third-order valence-electron chi connectivity index (χ3n) is 10.9. The van der Waals surface area contributed by atoms with Gasteiger partial charge in [-0.15, -0.1) is 0 Å². The second-order valence-electron chi connectivity index (χ2n) is 15.9. The number of hydrogen-bond donors (Lipinski definition) is 0. The maximum Gasteiger partial charge on any atom is 0.132 e. The van der Waals surface area contributed by atoms with E-state index in [9.17, 15) is 4.79 Å². The van der Waals surface area contributed by atoms with Crippen LogP contribution in [0.3, 0.4) is 0 Å². The van der Waals surface area contributed by atoms with Crippen molar-refractivity contribution in [2.24, 2.45) is 17.8 Å². The summed E-state index contributed by atoms with van der Waals surface area (Å²) in [5.41, 5.74) is 0. The molecule has 0 N–H and O–H groups in total. The molecule has 276 valence electrons. The number of Topliss-reactive ketones (excluding diaryl/α,β-unsaturated/α-hetero) is 1. The molecule has 0 bridgehead atoms. The molecular weight excluding hydrogens is 558 g/mol. The van der Waals surface area contributed by atoms with E-state index in [0.29, 0.717) is 5.78 Å². The van der Waals surface area contributed by atoms with Crippen LogP contribution >= 0.6 is 0 Å². The smallest absolute Gasteiger partial charge is 0.132 e. The van der Waals surface area contributed by atoms with Gasteiger partial charge in [0.2, 0.25) is 0 Å². The van der Waals surface area contributed by atoms with E-state index < -0.39 is 0 Å². The van der Waals surface area contributed by atoms with E-state index in [0.717, 1.165) is 43.4 Å². The zero-order valence-corrected chi connectivity index (χ0v) is 33.1. The van der Waals surface area contributed by atoms with E-state index in [1.54, 1.807) is 0 Å². The molecular formula is C44H89NO. The molecule has 2 nitrogen and oxygen atoms in total. The first-order valence-electron chi connectivity index (χ1n) is 21.7. The van der Waals surface area contributed by atoms with Crippen molar-refractivity contribution in [3.05, 3.63) is 0 Å². The van der Waals surface area contributed by atoms with Gasteiger partial charge in [0, 0.05) is 19.4 Å². The highest BCUT2D eigenvalue weighted by molar-refractivity contribution is 5.78. The van der Waals surface area contributed by atoms with Crippen LogP contribution in [0.1, 0.15) is 240 Å². The largest absolute Gasteiger partial charge is 0.306 e. The van der Waals surface area contributed by atoms with Crippen LogP contribution in [-0.2, 0) is 4.79 Å². The van der Waals surface area contributed by atoms with Gasteiger partial charge in [0.05, 0.1) is 0 Å². The number of carbonyl (C=O) groups is 1. The van der Waals surface area contributed by atoms with Crippen LogP contribution in [-0.4, -0.2) is 30.8 Å². The fourth-order valence-electron chi connectivity index (χ4n) is 7.76. The summed E-state index contributed by atoms with van der Waals surface area (Å²) in [5.74, 6) is 3.24. The number of rotatable bonds is 38. The van der Waals surface area contributed by atoms with Gasteiger partial charge in [-0.05, 0) is 63.5 Å². The van der Waals surface area contributed by atoms with Crippen molar-refractivity contribution in [3.8, 4) is 0 Å². The molecule has 0 fully saturated rings. The lowest BCUT2D eigenvalue weighted by molar-refractivity contribution is -0.119. The lowest BCUT2D eigenvalue weighted by Gasteiger charge is -2.25. The predicted octanol–water partition coefficient (Wildman–Crippen LogP) is 14.9. The Labute approximate surface area is 292 Å². The van der Waals surface area contributed by atoms with Crippen LogP contribution in [0.5, 0.6) is 0 Å². The van der Waals surface area contributed by atoms with Gasteiger partial charge < -0.3 is 4.90 Å². The van der Waals surface area contributed by atoms with Crippen molar-refractivity contribution < 1.29 is 4.79 Å². The maximum absolute atomic E-state index is 12.1. The zero-order chi connectivity index (χ0) is 33.9. The average Bonchev–Trinajstić information content (AvgIpc) is 3.04. The molecule has 0 radical (unpaired) electrons. The Balaban J connectivity index is 3.74. The summed E-state index contributed by atoms with van der Waals surface area (Å²) in [4.78, 5) is 14.8. The fraction of sp³-hybridized carbons (Fsp3) is 0.977. The molecule has 0 aromatic rings. The van der Waals surface area contributed by atoms with E-state index in [1.807, 2.05) is 0 Å². The molecule has 3 atom stereocenters. The van der Waals surface area contributed by atoms with Gasteiger partial charge in [-0.1, -0.05) is 195 Å². The van der Waals surface area contributed by atoms with Crippen LogP contribution in [0.15, 0.2) is 0 Å². The van der Waals surface area contributed by atoms with E-state index in [2.05, 4.69) is 46.6 Å². The van der Waals surface area contributed by atoms with Gasteiger partial charge in [-0.25, -0.2) is 0 Å². The number of carbonyl (C=O) groups excluding carboxylic acids is 1. The van der Waals surface area contributed by atoms with Crippen molar-refractivity contribution >= 4 is 5.78 Å². The molecule has 46 heavy (non-hydrogen) atoms. The Bertz CT molecular complexity index is 603. The second-order valence-corrected chi connectivity index (χ2v) is 15.9. The Morgan fingerprint density at radius 3 is 1.37 bits per heavy atom. The maximum atomic E-state index is 12.1. The van der Waals surface area contributed by atoms with E-state index in [-0.39, 0.29) is 0 Å². The van der Waals surface area contributed by atoms with Crippen LogP contribution in [0.2, 0.25) is 0 Å². The lowest BCUT2D eigenvalue weighted by atomic mass is 9.88. The van der Waals surface area contributed by atoms with Crippen molar-refractivity contribution in [2.45, 2.75) is 240 Å². The van der Waals surface area contributed by atoms with E-state index >= 15 is 0 Å². The molecule has 0 rings (SSSR count). The fourth-order valence-corrected chi connectivity index (χ4v) is 7.76. The van der Waals surface area contributed by atoms with E-state index in [1.165, 1.54) is 193 Å². The third-order valence-corrected chi connectivity index (χ3v) is 10.9. The zero-order valence-electron chi connectivity index (χ0n) is 33.1. The van der Waals surface area contributed by atoms with Crippen molar-refractivity contribution in [3.63, 3.8) is 0 Å². The van der Waals surface area contributed by atoms with Crippen molar-refractivity contribution in [1.82, 2.24) is 4.90 Å². The molecule has 2 heteroatoms. The molecule has 0 aromatic heterocycles. The Morgan fingerprint density at radius 1 is 0.478 bits per heavy atom. The molecule has 0 heterocycles. The van der Waals surface area contributed by atoms with Crippen molar-refractivity contribution in [2.75, 3.05) is 20.1 Å². The number of nitrogens with zero attached hydrogens (tertiary/aromatic N) is 1. The first-order valence-corrected chi connectivity index (χ1v) is 21.7. The average molecular weight is 648 g/mol. The Kier molecular flexibility index (Phi) is 35.6. The highest BCUT2D eigenvalue weighted by Gasteiger charge is 2.14. The SMILES string of the molecule is CCCCCCCCCC(=O)CCCCCCCCCCCCC(CC)CC(C)CN(C)CCCC(CCCC)CCCCCC. The Hall–Kier alpha value is -0.370. The summed E-state index contributed by atoms with van der Waals surface area (Å²) in [6.45, 7) is 14.4. The lowest BCUT2D eigenvalue weighted by Crippen LogP contribution is -2.27. The second kappa shape index (κ2) is 35.9. The molecule has 0 saturated heterocycles. The number of unbranched alkanes of at least 4 members (excludes halogenated alkanes) is 19. The monoisotopic (exact) mass is 648 g/mol. The molecule has 0 amide bonds. The minimum absolute atomic E-state index is 0.519. The minimum atomic E-state index is 0.519. The van der Waals surface area contributed by atoms with Gasteiger partial charge >= 0.3 is 0 Å². The van der Waals surface area contributed by atoms with Gasteiger partial charge in [0.15, 0.2) is 0 Å². The first-order chi connectivity index (χ1) is 22.5. The standard InChI is InChI=1S/C44H89NO/c1-7-11-14-16-21-25-29-36-44(46)37-30-26-23-20-18-17-19-22-24-28-33-42(10-4)39-41(5)40-45(6)38-31-35-43(32-13-9-3)34-27-15-12-8-2/h41-43H,7-40H2,1-6H3. The van der Waals surface area contributed by atoms with Crippen LogP contribution < -0.4 is 0 Å². The minimum Gasteiger partial charge on any atom is -0.306 e. The first kappa shape index (κ1) is 45.6. The molecule has 3 unspecified atom stereocenters. The van der Waals surface area contributed by atoms with Gasteiger partial charge in [0.25, 0.3) is 0 Å². The predicted molar refractivity (Wildman–Crippen MR) is 209 cm³/mol. The highest BCUT2D eigenvalue weighted by atomic mass is 16.1. The van der Waals surface area contributed by atoms with Gasteiger partial charge in [-0.3, -0.25) is 4.79 Å². The molecule has 0 aliphatic heterocycles. The van der Waals surface area contributed by atoms with Crippen LogP contribution in [0.4, 0.5) is 0 Å². The summed E-state index contributed by atoms with van der Waals surface area (Å²) in [6.07, 6.45) is 42.9. The van der Waals surface area contributed by atoms with Crippen molar-refractivity contribution in [1.29, 1.82) is 0 Å². The molecule has 0 spiro atoms. The summed E-state index contributed by atoms with van der Waals surface area (Å²) < 4.78 is 0.